The lowest BCUT2D eigenvalue weighted by Gasteiger charge is -2.20. The van der Waals surface area contributed by atoms with Crippen LogP contribution in [0.2, 0.25) is 5.02 Å². The van der Waals surface area contributed by atoms with Crippen molar-refractivity contribution in [2.45, 2.75) is 26.5 Å². The average molecular weight is 445 g/mol. The fourth-order valence-electron chi connectivity index (χ4n) is 3.08. The molecule has 1 aromatic heterocycles. The summed E-state index contributed by atoms with van der Waals surface area (Å²) in [7, 11) is 0. The summed E-state index contributed by atoms with van der Waals surface area (Å²) in [5.74, 6) is 2.23. The first-order valence-electron chi connectivity index (χ1n) is 9.58. The van der Waals surface area contributed by atoms with E-state index in [9.17, 15) is 4.79 Å². The number of nitrogens with zero attached hydrogens (tertiary/aromatic N) is 2. The molecule has 6 nitrogen and oxygen atoms in total. The topological polar surface area (TPSA) is 60.9 Å². The van der Waals surface area contributed by atoms with E-state index in [1.807, 2.05) is 42.6 Å². The molecule has 0 saturated carbocycles. The highest BCUT2D eigenvalue weighted by Gasteiger charge is 2.18. The first kappa shape index (κ1) is 20.5. The fourth-order valence-corrected chi connectivity index (χ4v) is 3.91. The van der Waals surface area contributed by atoms with E-state index in [1.54, 1.807) is 17.0 Å². The van der Waals surface area contributed by atoms with Crippen molar-refractivity contribution < 1.29 is 19.0 Å². The van der Waals surface area contributed by atoms with E-state index in [0.29, 0.717) is 24.7 Å². The van der Waals surface area contributed by atoms with Crippen LogP contribution in [0, 0.1) is 0 Å². The van der Waals surface area contributed by atoms with E-state index < -0.39 is 0 Å². The number of thiazole rings is 1. The predicted molar refractivity (Wildman–Crippen MR) is 115 cm³/mol. The Morgan fingerprint density at radius 2 is 2.00 bits per heavy atom. The highest BCUT2D eigenvalue weighted by Crippen LogP contribution is 2.32. The maximum atomic E-state index is 12.8. The third-order valence-electron chi connectivity index (χ3n) is 4.65. The molecular formula is C22H21ClN2O4S. The average Bonchev–Trinajstić information content (AvgIpc) is 3.40. The summed E-state index contributed by atoms with van der Waals surface area (Å²) in [6.45, 7) is 3.70. The fraction of sp³-hybridized carbons (Fsp3) is 0.273. The molecule has 8 heteroatoms. The summed E-state index contributed by atoms with van der Waals surface area (Å²) >= 11 is 7.37. The van der Waals surface area contributed by atoms with Crippen LogP contribution in [0.1, 0.15) is 23.2 Å². The van der Waals surface area contributed by atoms with Crippen LogP contribution >= 0.6 is 22.9 Å². The van der Waals surface area contributed by atoms with Crippen molar-refractivity contribution in [1.82, 2.24) is 9.88 Å². The molecule has 1 aliphatic heterocycles. The van der Waals surface area contributed by atoms with Crippen LogP contribution in [0.4, 0.5) is 0 Å². The number of amides is 1. The molecule has 0 bridgehead atoms. The molecule has 0 fully saturated rings. The first-order valence-corrected chi connectivity index (χ1v) is 10.8. The summed E-state index contributed by atoms with van der Waals surface area (Å²) in [6, 6.07) is 12.9. The molecule has 0 aliphatic carbocycles. The van der Waals surface area contributed by atoms with Crippen molar-refractivity contribution in [3.63, 3.8) is 0 Å². The van der Waals surface area contributed by atoms with Gasteiger partial charge in [0.15, 0.2) is 11.5 Å². The molecule has 30 heavy (non-hydrogen) atoms. The largest absolute Gasteiger partial charge is 0.486 e. The molecular weight excluding hydrogens is 424 g/mol. The molecule has 0 unspecified atom stereocenters. The number of hydrogen-bond donors (Lipinski definition) is 0. The molecule has 0 radical (unpaired) electrons. The number of fused-ring (bicyclic) bond motifs is 1. The van der Waals surface area contributed by atoms with Gasteiger partial charge in [0.05, 0.1) is 12.1 Å². The number of likely N-dealkylation sites (N-methyl/N-ethyl adjacent to an activating group) is 1. The molecule has 0 spiro atoms. The van der Waals surface area contributed by atoms with E-state index in [-0.39, 0.29) is 19.1 Å². The quantitative estimate of drug-likeness (QED) is 0.504. The molecule has 2 aromatic carbocycles. The second-order valence-electron chi connectivity index (χ2n) is 6.75. The van der Waals surface area contributed by atoms with Gasteiger partial charge in [-0.25, -0.2) is 4.98 Å². The van der Waals surface area contributed by atoms with Gasteiger partial charge >= 0.3 is 0 Å². The Labute approximate surface area is 184 Å². The van der Waals surface area contributed by atoms with Gasteiger partial charge in [0.1, 0.15) is 17.4 Å². The number of ether oxygens (including phenoxy) is 3. The van der Waals surface area contributed by atoms with Crippen molar-refractivity contribution in [3.8, 4) is 17.2 Å². The molecule has 156 valence electrons. The zero-order valence-corrected chi connectivity index (χ0v) is 18.0. The van der Waals surface area contributed by atoms with Crippen LogP contribution in [0.25, 0.3) is 0 Å². The van der Waals surface area contributed by atoms with Crippen molar-refractivity contribution in [3.05, 3.63) is 69.1 Å². The maximum Gasteiger partial charge on any atom is 0.231 e. The SMILES string of the molecule is CCN(Cc1ccc2c(c1)OCO2)C(=O)Cc1csc(COc2ccc(Cl)cc2)n1. The second kappa shape index (κ2) is 9.36. The Hall–Kier alpha value is -2.77. The van der Waals surface area contributed by atoms with Gasteiger partial charge < -0.3 is 19.1 Å². The third-order valence-corrected chi connectivity index (χ3v) is 5.78. The molecule has 0 saturated heterocycles. The third kappa shape index (κ3) is 5.04. The number of benzene rings is 2. The summed E-state index contributed by atoms with van der Waals surface area (Å²) in [5.41, 5.74) is 1.76. The molecule has 1 aliphatic rings. The number of halogens is 1. The first-order chi connectivity index (χ1) is 14.6. The van der Waals surface area contributed by atoms with Crippen LogP contribution in [0.3, 0.4) is 0 Å². The van der Waals surface area contributed by atoms with Crippen LogP contribution in [0.15, 0.2) is 47.8 Å². The minimum Gasteiger partial charge on any atom is -0.486 e. The summed E-state index contributed by atoms with van der Waals surface area (Å²) in [4.78, 5) is 19.1. The van der Waals surface area contributed by atoms with E-state index in [1.165, 1.54) is 11.3 Å². The minimum atomic E-state index is 0.0330. The highest BCUT2D eigenvalue weighted by atomic mass is 35.5. The number of hydrogen-bond acceptors (Lipinski definition) is 6. The lowest BCUT2D eigenvalue weighted by Crippen LogP contribution is -2.31. The Morgan fingerprint density at radius 3 is 2.80 bits per heavy atom. The second-order valence-corrected chi connectivity index (χ2v) is 8.13. The van der Waals surface area contributed by atoms with Gasteiger partial charge in [-0.1, -0.05) is 17.7 Å². The van der Waals surface area contributed by atoms with Crippen LogP contribution < -0.4 is 14.2 Å². The number of carbonyl (C=O) groups excluding carboxylic acids is 1. The molecule has 0 N–H and O–H groups in total. The lowest BCUT2D eigenvalue weighted by atomic mass is 10.1. The maximum absolute atomic E-state index is 12.8. The lowest BCUT2D eigenvalue weighted by molar-refractivity contribution is -0.130. The smallest absolute Gasteiger partial charge is 0.231 e. The summed E-state index contributed by atoms with van der Waals surface area (Å²) in [5, 5.41) is 3.40. The van der Waals surface area contributed by atoms with E-state index in [0.717, 1.165) is 33.5 Å². The predicted octanol–water partition coefficient (Wildman–Crippen LogP) is 4.70. The molecule has 1 amide bonds. The van der Waals surface area contributed by atoms with Gasteiger partial charge in [-0.3, -0.25) is 4.79 Å². The Bertz CT molecular complexity index is 1020. The molecule has 2 heterocycles. The van der Waals surface area contributed by atoms with Crippen molar-refractivity contribution in [2.75, 3.05) is 13.3 Å². The Morgan fingerprint density at radius 1 is 1.20 bits per heavy atom. The van der Waals surface area contributed by atoms with Gasteiger partial charge in [-0.15, -0.1) is 11.3 Å². The van der Waals surface area contributed by atoms with Crippen molar-refractivity contribution in [2.24, 2.45) is 0 Å². The van der Waals surface area contributed by atoms with Gasteiger partial charge in [-0.2, -0.15) is 0 Å². The van der Waals surface area contributed by atoms with Crippen molar-refractivity contribution in [1.29, 1.82) is 0 Å². The van der Waals surface area contributed by atoms with Crippen LogP contribution in [-0.4, -0.2) is 29.1 Å². The van der Waals surface area contributed by atoms with Gasteiger partial charge in [0, 0.05) is 23.5 Å². The van der Waals surface area contributed by atoms with Crippen LogP contribution in [-0.2, 0) is 24.4 Å². The zero-order valence-electron chi connectivity index (χ0n) is 16.5. The minimum absolute atomic E-state index is 0.0330. The van der Waals surface area contributed by atoms with Gasteiger partial charge in [0.25, 0.3) is 0 Å². The summed E-state index contributed by atoms with van der Waals surface area (Å²) in [6.07, 6.45) is 0.260. The standard InChI is InChI=1S/C22H21ClN2O4S/c1-2-25(11-15-3-8-19-20(9-15)29-14-28-19)22(26)10-17-13-30-21(24-17)12-27-18-6-4-16(23)5-7-18/h3-9,13H,2,10-12,14H2,1H3. The van der Waals surface area contributed by atoms with E-state index >= 15 is 0 Å². The Kier molecular flexibility index (Phi) is 6.40. The van der Waals surface area contributed by atoms with Crippen molar-refractivity contribution >= 4 is 28.8 Å². The normalized spacial score (nSPS) is 12.1. The monoisotopic (exact) mass is 444 g/mol. The van der Waals surface area contributed by atoms with Crippen LogP contribution in [0.5, 0.6) is 17.2 Å². The Balaban J connectivity index is 1.32. The van der Waals surface area contributed by atoms with E-state index in [2.05, 4.69) is 4.98 Å². The molecule has 4 rings (SSSR count). The zero-order chi connectivity index (χ0) is 20.9. The number of aromatic nitrogens is 1. The van der Waals surface area contributed by atoms with Gasteiger partial charge in [0.2, 0.25) is 12.7 Å². The van der Waals surface area contributed by atoms with E-state index in [4.69, 9.17) is 25.8 Å². The van der Waals surface area contributed by atoms with Gasteiger partial charge in [-0.05, 0) is 48.9 Å². The summed E-state index contributed by atoms with van der Waals surface area (Å²) < 4.78 is 16.5. The highest BCUT2D eigenvalue weighted by molar-refractivity contribution is 7.09. The molecule has 0 atom stereocenters. The number of carbonyl (C=O) groups is 1. The molecule has 3 aromatic rings. The number of rotatable bonds is 8.